The Kier molecular flexibility index (Phi) is 5.19. The fourth-order valence-electron chi connectivity index (χ4n) is 2.13. The summed E-state index contributed by atoms with van der Waals surface area (Å²) in [7, 11) is 0.868. The van der Waals surface area contributed by atoms with Crippen LogP contribution in [0.1, 0.15) is 13.3 Å². The molecule has 0 radical (unpaired) electrons. The molecule has 6 heteroatoms. The number of guanidine groups is 1. The summed E-state index contributed by atoms with van der Waals surface area (Å²) in [5.41, 5.74) is 1.06. The van der Waals surface area contributed by atoms with Crippen molar-refractivity contribution in [2.45, 2.75) is 13.3 Å². The molecule has 1 unspecified atom stereocenters. The third-order valence-corrected chi connectivity index (χ3v) is 4.79. The third kappa shape index (κ3) is 4.68. The first kappa shape index (κ1) is 15.0. The van der Waals surface area contributed by atoms with E-state index in [9.17, 15) is 8.42 Å². The Morgan fingerprint density at radius 1 is 1.56 bits per heavy atom. The van der Waals surface area contributed by atoms with Crippen molar-refractivity contribution in [1.82, 2.24) is 10.2 Å². The van der Waals surface area contributed by atoms with E-state index in [4.69, 9.17) is 0 Å². The molecule has 1 aliphatic rings. The Morgan fingerprint density at radius 2 is 2.22 bits per heavy atom. The summed E-state index contributed by atoms with van der Waals surface area (Å²) >= 11 is 0. The molecule has 0 saturated carbocycles. The average Bonchev–Trinajstić information content (AvgIpc) is 2.58. The molecule has 0 aliphatic carbocycles. The summed E-state index contributed by atoms with van der Waals surface area (Å²) in [5.74, 6) is 1.59. The highest BCUT2D eigenvalue weighted by atomic mass is 32.2. The summed E-state index contributed by atoms with van der Waals surface area (Å²) in [6.07, 6.45) is 0.747. The van der Waals surface area contributed by atoms with Crippen LogP contribution < -0.4 is 5.32 Å². The monoisotopic (exact) mass is 273 g/mol. The molecular weight excluding hydrogens is 250 g/mol. The van der Waals surface area contributed by atoms with Crippen molar-refractivity contribution in [2.24, 2.45) is 10.9 Å². The molecule has 1 fully saturated rings. The molecule has 0 aromatic carbocycles. The maximum atomic E-state index is 11.4. The second-order valence-electron chi connectivity index (χ2n) is 5.01. The Balaban J connectivity index is 2.44. The highest BCUT2D eigenvalue weighted by Gasteiger charge is 2.27. The Morgan fingerprint density at radius 3 is 2.67 bits per heavy atom. The second kappa shape index (κ2) is 6.22. The van der Waals surface area contributed by atoms with E-state index >= 15 is 0 Å². The van der Waals surface area contributed by atoms with Crippen molar-refractivity contribution < 1.29 is 8.42 Å². The first-order chi connectivity index (χ1) is 8.34. The van der Waals surface area contributed by atoms with Crippen molar-refractivity contribution in [2.75, 3.05) is 38.7 Å². The van der Waals surface area contributed by atoms with E-state index in [2.05, 4.69) is 16.9 Å². The number of likely N-dealkylation sites (N-methyl/N-ethyl adjacent to an activating group) is 1. The quantitative estimate of drug-likeness (QED) is 0.460. The van der Waals surface area contributed by atoms with Gasteiger partial charge < -0.3 is 10.2 Å². The molecule has 0 spiro atoms. The topological polar surface area (TPSA) is 61.8 Å². The van der Waals surface area contributed by atoms with E-state index in [1.807, 2.05) is 18.9 Å². The van der Waals surface area contributed by atoms with Crippen molar-refractivity contribution in [1.29, 1.82) is 0 Å². The number of nitrogens with one attached hydrogen (secondary N) is 1. The van der Waals surface area contributed by atoms with Gasteiger partial charge >= 0.3 is 0 Å². The molecule has 1 heterocycles. The fourth-order valence-corrected chi connectivity index (χ4v) is 3.99. The highest BCUT2D eigenvalue weighted by molar-refractivity contribution is 7.91. The van der Waals surface area contributed by atoms with E-state index in [0.29, 0.717) is 18.1 Å². The minimum absolute atomic E-state index is 0.199. The van der Waals surface area contributed by atoms with Crippen LogP contribution in [-0.4, -0.2) is 58.0 Å². The average molecular weight is 273 g/mol. The van der Waals surface area contributed by atoms with Gasteiger partial charge in [-0.3, -0.25) is 4.99 Å². The number of nitrogens with zero attached hydrogens (tertiary/aromatic N) is 2. The first-order valence-electron chi connectivity index (χ1n) is 6.10. The molecule has 1 saturated heterocycles. The zero-order valence-electron chi connectivity index (χ0n) is 11.4. The zero-order valence-corrected chi connectivity index (χ0v) is 12.3. The summed E-state index contributed by atoms with van der Waals surface area (Å²) in [4.78, 5) is 6.16. The van der Waals surface area contributed by atoms with Gasteiger partial charge in [-0.2, -0.15) is 0 Å². The van der Waals surface area contributed by atoms with Crippen LogP contribution in [0, 0.1) is 5.92 Å². The molecule has 1 atom stereocenters. The number of rotatable bonds is 4. The van der Waals surface area contributed by atoms with Gasteiger partial charge in [-0.1, -0.05) is 12.2 Å². The van der Waals surface area contributed by atoms with E-state index < -0.39 is 9.84 Å². The van der Waals surface area contributed by atoms with Gasteiger partial charge in [0, 0.05) is 27.2 Å². The normalized spacial score (nSPS) is 22.8. The van der Waals surface area contributed by atoms with E-state index in [1.165, 1.54) is 0 Å². The zero-order chi connectivity index (χ0) is 13.8. The molecular formula is C12H23N3O2S. The van der Waals surface area contributed by atoms with Crippen LogP contribution in [0.5, 0.6) is 0 Å². The highest BCUT2D eigenvalue weighted by Crippen LogP contribution is 2.17. The number of sulfone groups is 1. The molecule has 1 N–H and O–H groups in total. The summed E-state index contributed by atoms with van der Waals surface area (Å²) < 4.78 is 22.7. The molecule has 0 aromatic heterocycles. The molecule has 1 rings (SSSR count). The lowest BCUT2D eigenvalue weighted by atomic mass is 10.1. The summed E-state index contributed by atoms with van der Waals surface area (Å²) in [6.45, 7) is 7.23. The largest absolute Gasteiger partial charge is 0.356 e. The smallest absolute Gasteiger partial charge is 0.193 e. The van der Waals surface area contributed by atoms with Crippen LogP contribution in [0.2, 0.25) is 0 Å². The van der Waals surface area contributed by atoms with Gasteiger partial charge in [0.25, 0.3) is 0 Å². The van der Waals surface area contributed by atoms with Crippen LogP contribution >= 0.6 is 0 Å². The van der Waals surface area contributed by atoms with Crippen LogP contribution in [0.25, 0.3) is 0 Å². The van der Waals surface area contributed by atoms with Crippen molar-refractivity contribution >= 4 is 15.8 Å². The van der Waals surface area contributed by atoms with Crippen LogP contribution in [0.4, 0.5) is 0 Å². The molecule has 0 amide bonds. The van der Waals surface area contributed by atoms with Crippen LogP contribution in [0.15, 0.2) is 17.1 Å². The van der Waals surface area contributed by atoms with Gasteiger partial charge in [0.1, 0.15) is 0 Å². The molecule has 0 bridgehead atoms. The van der Waals surface area contributed by atoms with Crippen molar-refractivity contribution in [3.05, 3.63) is 12.2 Å². The number of hydrogen-bond donors (Lipinski definition) is 1. The number of hydrogen-bond acceptors (Lipinski definition) is 3. The Labute approximate surface area is 110 Å². The van der Waals surface area contributed by atoms with Crippen LogP contribution in [0.3, 0.4) is 0 Å². The lowest BCUT2D eigenvalue weighted by Gasteiger charge is -2.23. The lowest BCUT2D eigenvalue weighted by molar-refractivity contribution is 0.497. The molecule has 18 heavy (non-hydrogen) atoms. The van der Waals surface area contributed by atoms with Crippen LogP contribution in [-0.2, 0) is 9.84 Å². The third-order valence-electron chi connectivity index (χ3n) is 2.96. The standard InChI is InChI=1S/C12H23N3O2S/c1-10(2)8-15(4)12(13-3)14-7-11-5-6-18(16,17)9-11/h11H,1,5-9H2,2-4H3,(H,13,14). The first-order valence-corrected chi connectivity index (χ1v) is 7.93. The SMILES string of the molecule is C=C(C)CN(C)C(=NC)NCC1CCS(=O)(=O)C1. The Bertz CT molecular complexity index is 429. The predicted octanol–water partition coefficient (Wildman–Crippen LogP) is 0.504. The van der Waals surface area contributed by atoms with Crippen molar-refractivity contribution in [3.8, 4) is 0 Å². The summed E-state index contributed by atoms with van der Waals surface area (Å²) in [6, 6.07) is 0. The van der Waals surface area contributed by atoms with Crippen molar-refractivity contribution in [3.63, 3.8) is 0 Å². The Hall–Kier alpha value is -1.04. The maximum absolute atomic E-state index is 11.4. The van der Waals surface area contributed by atoms with Gasteiger partial charge in [-0.15, -0.1) is 0 Å². The van der Waals surface area contributed by atoms with Gasteiger partial charge in [0.15, 0.2) is 15.8 Å². The minimum Gasteiger partial charge on any atom is -0.356 e. The lowest BCUT2D eigenvalue weighted by Crippen LogP contribution is -2.41. The van der Waals surface area contributed by atoms with Gasteiger partial charge in [0.05, 0.1) is 11.5 Å². The van der Waals surface area contributed by atoms with Gasteiger partial charge in [-0.25, -0.2) is 8.42 Å². The maximum Gasteiger partial charge on any atom is 0.193 e. The van der Waals surface area contributed by atoms with E-state index in [1.54, 1.807) is 7.05 Å². The number of aliphatic imine (C=N–C) groups is 1. The van der Waals surface area contributed by atoms with Gasteiger partial charge in [-0.05, 0) is 19.3 Å². The van der Waals surface area contributed by atoms with Gasteiger partial charge in [0.2, 0.25) is 0 Å². The van der Waals surface area contributed by atoms with E-state index in [-0.39, 0.29) is 5.92 Å². The second-order valence-corrected chi connectivity index (χ2v) is 7.24. The predicted molar refractivity (Wildman–Crippen MR) is 75.6 cm³/mol. The molecule has 5 nitrogen and oxygen atoms in total. The van der Waals surface area contributed by atoms with E-state index in [0.717, 1.165) is 24.5 Å². The molecule has 0 aromatic rings. The molecule has 1 aliphatic heterocycles. The minimum atomic E-state index is -2.80. The summed E-state index contributed by atoms with van der Waals surface area (Å²) in [5, 5.41) is 3.22. The fraction of sp³-hybridized carbons (Fsp3) is 0.750. The molecule has 104 valence electrons.